The Bertz CT molecular complexity index is 321. The predicted octanol–water partition coefficient (Wildman–Crippen LogP) is 4.24. The molecule has 2 N–H and O–H groups in total. The summed E-state index contributed by atoms with van der Waals surface area (Å²) in [6.07, 6.45) is 8.63. The molecule has 0 aliphatic rings. The molecule has 0 aliphatic heterocycles. The van der Waals surface area contributed by atoms with Crippen LogP contribution in [0.15, 0.2) is 24.3 Å². The number of hydrogen-bond donors (Lipinski definition) is 1. The van der Waals surface area contributed by atoms with E-state index >= 15 is 0 Å². The van der Waals surface area contributed by atoms with E-state index < -0.39 is 0 Å². The van der Waals surface area contributed by atoms with Gasteiger partial charge in [-0.1, -0.05) is 63.3 Å². The average molecular weight is 263 g/mol. The van der Waals surface area contributed by atoms with E-state index in [1.807, 2.05) is 0 Å². The van der Waals surface area contributed by atoms with Crippen molar-refractivity contribution < 1.29 is 4.74 Å². The van der Waals surface area contributed by atoms with Crippen LogP contribution in [0.2, 0.25) is 0 Å². The minimum absolute atomic E-state index is 0.193. The van der Waals surface area contributed by atoms with Crippen LogP contribution < -0.4 is 5.73 Å². The quantitative estimate of drug-likeness (QED) is 0.641. The standard InChI is InChI=1S/C17H29NO/c1-3-4-5-6-7-8-17(18)16-11-9-15(10-12-16)13-14-19-2/h9-12,17H,3-8,13-14,18H2,1-2H3. The van der Waals surface area contributed by atoms with Crippen LogP contribution in [-0.4, -0.2) is 13.7 Å². The zero-order chi connectivity index (χ0) is 13.9. The Labute approximate surface area is 118 Å². The molecule has 1 aromatic rings. The predicted molar refractivity (Wildman–Crippen MR) is 82.3 cm³/mol. The topological polar surface area (TPSA) is 35.2 Å². The highest BCUT2D eigenvalue weighted by atomic mass is 16.5. The third-order valence-electron chi connectivity index (χ3n) is 3.62. The normalized spacial score (nSPS) is 12.6. The van der Waals surface area contributed by atoms with Crippen molar-refractivity contribution >= 4 is 0 Å². The first kappa shape index (κ1) is 16.2. The number of methoxy groups -OCH3 is 1. The van der Waals surface area contributed by atoms with Crippen LogP contribution in [0.25, 0.3) is 0 Å². The maximum atomic E-state index is 6.24. The first-order chi connectivity index (χ1) is 9.27. The van der Waals surface area contributed by atoms with E-state index in [4.69, 9.17) is 10.5 Å². The van der Waals surface area contributed by atoms with Gasteiger partial charge in [0.15, 0.2) is 0 Å². The molecular weight excluding hydrogens is 234 g/mol. The molecule has 0 aliphatic carbocycles. The second-order valence-corrected chi connectivity index (χ2v) is 5.29. The van der Waals surface area contributed by atoms with Crippen molar-refractivity contribution in [1.29, 1.82) is 0 Å². The Morgan fingerprint density at radius 2 is 1.74 bits per heavy atom. The van der Waals surface area contributed by atoms with Crippen LogP contribution in [0.3, 0.4) is 0 Å². The SMILES string of the molecule is CCCCCCCC(N)c1ccc(CCOC)cc1. The Morgan fingerprint density at radius 3 is 2.37 bits per heavy atom. The summed E-state index contributed by atoms with van der Waals surface area (Å²) < 4.78 is 5.08. The van der Waals surface area contributed by atoms with Gasteiger partial charge in [-0.15, -0.1) is 0 Å². The third-order valence-corrected chi connectivity index (χ3v) is 3.62. The van der Waals surface area contributed by atoms with Gasteiger partial charge < -0.3 is 10.5 Å². The second-order valence-electron chi connectivity index (χ2n) is 5.29. The number of unbranched alkanes of at least 4 members (excludes halogenated alkanes) is 4. The van der Waals surface area contributed by atoms with E-state index in [9.17, 15) is 0 Å². The van der Waals surface area contributed by atoms with E-state index in [1.165, 1.54) is 43.2 Å². The Morgan fingerprint density at radius 1 is 1.05 bits per heavy atom. The smallest absolute Gasteiger partial charge is 0.0502 e. The number of nitrogens with two attached hydrogens (primary N) is 1. The van der Waals surface area contributed by atoms with Gasteiger partial charge in [0, 0.05) is 13.2 Å². The van der Waals surface area contributed by atoms with Crippen LogP contribution in [0, 0.1) is 0 Å². The van der Waals surface area contributed by atoms with Crippen molar-refractivity contribution in [2.24, 2.45) is 5.73 Å². The first-order valence-electron chi connectivity index (χ1n) is 7.61. The molecule has 1 unspecified atom stereocenters. The van der Waals surface area contributed by atoms with Gasteiger partial charge in [0.1, 0.15) is 0 Å². The lowest BCUT2D eigenvalue weighted by Gasteiger charge is -2.12. The molecule has 0 saturated carbocycles. The third kappa shape index (κ3) is 6.74. The molecular formula is C17H29NO. The van der Waals surface area contributed by atoms with Gasteiger partial charge in [0.05, 0.1) is 6.61 Å². The number of benzene rings is 1. The van der Waals surface area contributed by atoms with Crippen LogP contribution in [0.1, 0.15) is 62.6 Å². The zero-order valence-electron chi connectivity index (χ0n) is 12.5. The minimum atomic E-state index is 0.193. The fourth-order valence-corrected chi connectivity index (χ4v) is 2.29. The molecule has 0 heterocycles. The summed E-state index contributed by atoms with van der Waals surface area (Å²) in [5, 5.41) is 0. The molecule has 0 saturated heterocycles. The summed E-state index contributed by atoms with van der Waals surface area (Å²) in [7, 11) is 1.74. The largest absolute Gasteiger partial charge is 0.384 e. The van der Waals surface area contributed by atoms with E-state index in [1.54, 1.807) is 7.11 Å². The fourth-order valence-electron chi connectivity index (χ4n) is 2.29. The average Bonchev–Trinajstić information content (AvgIpc) is 2.45. The van der Waals surface area contributed by atoms with E-state index in [0.29, 0.717) is 0 Å². The molecule has 0 radical (unpaired) electrons. The van der Waals surface area contributed by atoms with Gasteiger partial charge in [-0.2, -0.15) is 0 Å². The summed E-state index contributed by atoms with van der Waals surface area (Å²) in [6, 6.07) is 8.87. The van der Waals surface area contributed by atoms with Gasteiger partial charge in [-0.05, 0) is 24.0 Å². The molecule has 0 aromatic heterocycles. The molecule has 108 valence electrons. The Hall–Kier alpha value is -0.860. The molecule has 1 atom stereocenters. The Kier molecular flexibility index (Phi) is 8.52. The van der Waals surface area contributed by atoms with Gasteiger partial charge in [-0.25, -0.2) is 0 Å². The number of ether oxygens (including phenoxy) is 1. The molecule has 2 nitrogen and oxygen atoms in total. The minimum Gasteiger partial charge on any atom is -0.384 e. The second kappa shape index (κ2) is 9.99. The van der Waals surface area contributed by atoms with Crippen molar-refractivity contribution in [3.05, 3.63) is 35.4 Å². The van der Waals surface area contributed by atoms with Crippen LogP contribution in [0.4, 0.5) is 0 Å². The molecule has 0 spiro atoms. The summed E-state index contributed by atoms with van der Waals surface area (Å²) in [4.78, 5) is 0. The maximum Gasteiger partial charge on any atom is 0.0502 e. The highest BCUT2D eigenvalue weighted by Crippen LogP contribution is 2.18. The van der Waals surface area contributed by atoms with Crippen molar-refractivity contribution in [2.75, 3.05) is 13.7 Å². The highest BCUT2D eigenvalue weighted by molar-refractivity contribution is 5.24. The van der Waals surface area contributed by atoms with Crippen LogP contribution >= 0.6 is 0 Å². The van der Waals surface area contributed by atoms with Crippen molar-refractivity contribution in [3.8, 4) is 0 Å². The van der Waals surface area contributed by atoms with Crippen molar-refractivity contribution in [2.45, 2.75) is 57.9 Å². The molecule has 1 aromatic carbocycles. The monoisotopic (exact) mass is 263 g/mol. The Balaban J connectivity index is 2.29. The summed E-state index contributed by atoms with van der Waals surface area (Å²) in [5.41, 5.74) is 8.82. The lowest BCUT2D eigenvalue weighted by atomic mass is 9.99. The molecule has 1 rings (SSSR count). The van der Waals surface area contributed by atoms with E-state index in [0.717, 1.165) is 19.4 Å². The lowest BCUT2D eigenvalue weighted by molar-refractivity contribution is 0.202. The van der Waals surface area contributed by atoms with Gasteiger partial charge in [0.25, 0.3) is 0 Å². The van der Waals surface area contributed by atoms with Gasteiger partial charge >= 0.3 is 0 Å². The molecule has 2 heteroatoms. The summed E-state index contributed by atoms with van der Waals surface area (Å²) in [5.74, 6) is 0. The molecule has 0 fully saturated rings. The molecule has 0 amide bonds. The van der Waals surface area contributed by atoms with Crippen molar-refractivity contribution in [1.82, 2.24) is 0 Å². The van der Waals surface area contributed by atoms with Crippen LogP contribution in [-0.2, 0) is 11.2 Å². The maximum absolute atomic E-state index is 6.24. The molecule has 0 bridgehead atoms. The first-order valence-corrected chi connectivity index (χ1v) is 7.61. The molecule has 19 heavy (non-hydrogen) atoms. The van der Waals surface area contributed by atoms with Crippen LogP contribution in [0.5, 0.6) is 0 Å². The highest BCUT2D eigenvalue weighted by Gasteiger charge is 2.05. The summed E-state index contributed by atoms with van der Waals surface area (Å²) in [6.45, 7) is 3.03. The van der Waals surface area contributed by atoms with E-state index in [-0.39, 0.29) is 6.04 Å². The summed E-state index contributed by atoms with van der Waals surface area (Å²) >= 11 is 0. The van der Waals surface area contributed by atoms with E-state index in [2.05, 4.69) is 31.2 Å². The number of hydrogen-bond acceptors (Lipinski definition) is 2. The lowest BCUT2D eigenvalue weighted by Crippen LogP contribution is -2.10. The van der Waals surface area contributed by atoms with Crippen molar-refractivity contribution in [3.63, 3.8) is 0 Å². The van der Waals surface area contributed by atoms with Gasteiger partial charge in [-0.3, -0.25) is 0 Å². The fraction of sp³-hybridized carbons (Fsp3) is 0.647. The zero-order valence-corrected chi connectivity index (χ0v) is 12.5. The van der Waals surface area contributed by atoms with Gasteiger partial charge in [0.2, 0.25) is 0 Å². The number of rotatable bonds is 10.